The van der Waals surface area contributed by atoms with Crippen LogP contribution in [0.3, 0.4) is 0 Å². The maximum absolute atomic E-state index is 14.6. The standard InChI is InChI=1S/C19H18FN5/c1-24-9-15-6-12(2-3-17(15)23-24)14-7-16(20)19-22-18(11-25(19)10-14)13-4-5-21-8-13/h2-3,6-7,9-11,13,21H,4-5,8H2,1H3. The van der Waals surface area contributed by atoms with E-state index in [1.165, 1.54) is 0 Å². The molecule has 1 unspecified atom stereocenters. The predicted molar refractivity (Wildman–Crippen MR) is 95.1 cm³/mol. The largest absolute Gasteiger partial charge is 0.316 e. The number of halogens is 1. The fraction of sp³-hybridized carbons (Fsp3) is 0.263. The van der Waals surface area contributed by atoms with Crippen molar-refractivity contribution in [1.82, 2.24) is 24.5 Å². The fourth-order valence-corrected chi connectivity index (χ4v) is 3.67. The van der Waals surface area contributed by atoms with Gasteiger partial charge in [0, 0.05) is 49.1 Å². The molecule has 4 aromatic rings. The van der Waals surface area contributed by atoms with E-state index < -0.39 is 0 Å². The van der Waals surface area contributed by atoms with Gasteiger partial charge in [-0.3, -0.25) is 4.68 Å². The predicted octanol–water partition coefficient (Wildman–Crippen LogP) is 3.10. The molecule has 1 saturated heterocycles. The van der Waals surface area contributed by atoms with Crippen molar-refractivity contribution in [2.45, 2.75) is 12.3 Å². The summed E-state index contributed by atoms with van der Waals surface area (Å²) >= 11 is 0. The molecule has 0 spiro atoms. The van der Waals surface area contributed by atoms with Crippen molar-refractivity contribution < 1.29 is 4.39 Å². The van der Waals surface area contributed by atoms with Gasteiger partial charge in [-0.25, -0.2) is 9.37 Å². The molecule has 126 valence electrons. The van der Waals surface area contributed by atoms with Crippen molar-refractivity contribution in [1.29, 1.82) is 0 Å². The van der Waals surface area contributed by atoms with Gasteiger partial charge in [-0.1, -0.05) is 6.07 Å². The van der Waals surface area contributed by atoms with Crippen molar-refractivity contribution in [3.63, 3.8) is 0 Å². The number of nitrogens with one attached hydrogen (secondary N) is 1. The van der Waals surface area contributed by atoms with E-state index in [-0.39, 0.29) is 5.82 Å². The van der Waals surface area contributed by atoms with Gasteiger partial charge in [0.1, 0.15) is 0 Å². The molecule has 0 saturated carbocycles. The highest BCUT2D eigenvalue weighted by Crippen LogP contribution is 2.28. The van der Waals surface area contributed by atoms with Crippen LogP contribution in [0.1, 0.15) is 18.0 Å². The molecule has 0 aliphatic carbocycles. The second kappa shape index (κ2) is 5.39. The molecule has 1 aliphatic rings. The van der Waals surface area contributed by atoms with E-state index in [0.29, 0.717) is 11.6 Å². The van der Waals surface area contributed by atoms with E-state index in [1.54, 1.807) is 10.7 Å². The second-order valence-corrected chi connectivity index (χ2v) is 6.74. The van der Waals surface area contributed by atoms with Gasteiger partial charge in [-0.15, -0.1) is 0 Å². The summed E-state index contributed by atoms with van der Waals surface area (Å²) in [6.45, 7) is 1.91. The molecule has 5 nitrogen and oxygen atoms in total. The normalized spacial score (nSPS) is 17.8. The van der Waals surface area contributed by atoms with Crippen LogP contribution in [0.4, 0.5) is 4.39 Å². The average molecular weight is 335 g/mol. The molecule has 4 heterocycles. The van der Waals surface area contributed by atoms with Crippen LogP contribution in [0.2, 0.25) is 0 Å². The van der Waals surface area contributed by atoms with Gasteiger partial charge < -0.3 is 9.72 Å². The van der Waals surface area contributed by atoms with Crippen molar-refractivity contribution in [3.05, 3.63) is 54.4 Å². The van der Waals surface area contributed by atoms with E-state index in [9.17, 15) is 4.39 Å². The lowest BCUT2D eigenvalue weighted by Gasteiger charge is -2.04. The van der Waals surface area contributed by atoms with Gasteiger partial charge in [0.25, 0.3) is 0 Å². The van der Waals surface area contributed by atoms with Crippen LogP contribution >= 0.6 is 0 Å². The van der Waals surface area contributed by atoms with E-state index in [4.69, 9.17) is 0 Å². The number of hydrogen-bond donors (Lipinski definition) is 1. The third-order valence-electron chi connectivity index (χ3n) is 4.96. The summed E-state index contributed by atoms with van der Waals surface area (Å²) in [6, 6.07) is 7.56. The minimum atomic E-state index is -0.291. The van der Waals surface area contributed by atoms with Crippen molar-refractivity contribution in [2.75, 3.05) is 13.1 Å². The maximum atomic E-state index is 14.6. The Bertz CT molecular complexity index is 1090. The molecule has 5 rings (SSSR count). The first kappa shape index (κ1) is 14.6. The lowest BCUT2D eigenvalue weighted by atomic mass is 10.1. The Morgan fingerprint density at radius 2 is 2.08 bits per heavy atom. The van der Waals surface area contributed by atoms with Gasteiger partial charge in [0.15, 0.2) is 11.5 Å². The number of rotatable bonds is 2. The first-order valence-electron chi connectivity index (χ1n) is 8.50. The summed E-state index contributed by atoms with van der Waals surface area (Å²) in [5.41, 5.74) is 4.10. The Morgan fingerprint density at radius 3 is 2.92 bits per heavy atom. The van der Waals surface area contributed by atoms with E-state index in [2.05, 4.69) is 15.4 Å². The second-order valence-electron chi connectivity index (χ2n) is 6.74. The molecule has 1 aromatic carbocycles. The number of nitrogens with zero attached hydrogens (tertiary/aromatic N) is 4. The van der Waals surface area contributed by atoms with Crippen LogP contribution in [0, 0.1) is 5.82 Å². The third-order valence-corrected chi connectivity index (χ3v) is 4.96. The molecule has 1 atom stereocenters. The molecule has 0 radical (unpaired) electrons. The van der Waals surface area contributed by atoms with Crippen molar-refractivity contribution in [2.24, 2.45) is 7.05 Å². The van der Waals surface area contributed by atoms with Gasteiger partial charge in [0.2, 0.25) is 0 Å². The number of aromatic nitrogens is 4. The highest BCUT2D eigenvalue weighted by Gasteiger charge is 2.20. The minimum absolute atomic E-state index is 0.291. The highest BCUT2D eigenvalue weighted by molar-refractivity contribution is 5.84. The van der Waals surface area contributed by atoms with Crippen molar-refractivity contribution >= 4 is 16.6 Å². The number of fused-ring (bicyclic) bond motifs is 2. The summed E-state index contributed by atoms with van der Waals surface area (Å²) in [5.74, 6) is 0.0792. The zero-order valence-electron chi connectivity index (χ0n) is 13.9. The molecule has 3 aromatic heterocycles. The number of benzene rings is 1. The summed E-state index contributed by atoms with van der Waals surface area (Å²) < 4.78 is 18.2. The molecule has 1 N–H and O–H groups in total. The molecule has 25 heavy (non-hydrogen) atoms. The Labute approximate surface area is 144 Å². The summed E-state index contributed by atoms with van der Waals surface area (Å²) in [5, 5.41) is 8.76. The van der Waals surface area contributed by atoms with Crippen LogP contribution in [0.5, 0.6) is 0 Å². The van der Waals surface area contributed by atoms with Crippen LogP contribution in [-0.4, -0.2) is 32.3 Å². The quantitative estimate of drug-likeness (QED) is 0.612. The number of pyridine rings is 1. The molecule has 1 fully saturated rings. The van der Waals surface area contributed by atoms with Gasteiger partial charge in [-0.2, -0.15) is 5.10 Å². The maximum Gasteiger partial charge on any atom is 0.173 e. The Hall–Kier alpha value is -2.73. The third kappa shape index (κ3) is 2.41. The number of imidazole rings is 1. The van der Waals surface area contributed by atoms with Crippen LogP contribution < -0.4 is 5.32 Å². The van der Waals surface area contributed by atoms with Gasteiger partial charge >= 0.3 is 0 Å². The van der Waals surface area contributed by atoms with Gasteiger partial charge in [-0.05, 0) is 36.7 Å². The highest BCUT2D eigenvalue weighted by atomic mass is 19.1. The topological polar surface area (TPSA) is 47.2 Å². The van der Waals surface area contributed by atoms with E-state index in [0.717, 1.165) is 47.2 Å². The number of aryl methyl sites for hydroxylation is 1. The van der Waals surface area contributed by atoms with Crippen LogP contribution in [0.15, 0.2) is 42.9 Å². The summed E-state index contributed by atoms with van der Waals surface area (Å²) in [4.78, 5) is 4.52. The molecule has 0 bridgehead atoms. The van der Waals surface area contributed by atoms with Crippen molar-refractivity contribution in [3.8, 4) is 11.1 Å². The number of hydrogen-bond acceptors (Lipinski definition) is 3. The zero-order chi connectivity index (χ0) is 17.0. The summed E-state index contributed by atoms with van der Waals surface area (Å²) in [6.07, 6.45) is 6.93. The van der Waals surface area contributed by atoms with Crippen LogP contribution in [0.25, 0.3) is 27.7 Å². The lowest BCUT2D eigenvalue weighted by molar-refractivity contribution is 0.630. The fourth-order valence-electron chi connectivity index (χ4n) is 3.67. The molecule has 6 heteroatoms. The Kier molecular flexibility index (Phi) is 3.15. The monoisotopic (exact) mass is 335 g/mol. The SMILES string of the molecule is Cn1cc2cc(-c3cc(F)c4nc(C5CCNC5)cn4c3)ccc2n1. The zero-order valence-corrected chi connectivity index (χ0v) is 13.9. The summed E-state index contributed by atoms with van der Waals surface area (Å²) in [7, 11) is 1.90. The van der Waals surface area contributed by atoms with E-state index >= 15 is 0 Å². The first-order chi connectivity index (χ1) is 12.2. The van der Waals surface area contributed by atoms with E-state index in [1.807, 2.05) is 48.2 Å². The lowest BCUT2D eigenvalue weighted by Crippen LogP contribution is -2.08. The molecular weight excluding hydrogens is 317 g/mol. The Morgan fingerprint density at radius 1 is 1.16 bits per heavy atom. The molecule has 0 amide bonds. The average Bonchev–Trinajstić information content (AvgIpc) is 3.31. The minimum Gasteiger partial charge on any atom is -0.316 e. The smallest absolute Gasteiger partial charge is 0.173 e. The van der Waals surface area contributed by atoms with Crippen LogP contribution in [-0.2, 0) is 7.05 Å². The first-order valence-corrected chi connectivity index (χ1v) is 8.50. The molecule has 1 aliphatic heterocycles. The Balaban J connectivity index is 1.62. The molecular formula is C19H18FN5. The van der Waals surface area contributed by atoms with Gasteiger partial charge in [0.05, 0.1) is 11.2 Å².